The van der Waals surface area contributed by atoms with Crippen molar-refractivity contribution < 1.29 is 39.0 Å². The van der Waals surface area contributed by atoms with Gasteiger partial charge in [-0.2, -0.15) is 0 Å². The summed E-state index contributed by atoms with van der Waals surface area (Å²) in [7, 11) is 0. The van der Waals surface area contributed by atoms with Crippen LogP contribution in [-0.2, 0) is 38.5 Å². The number of benzene rings is 6. The van der Waals surface area contributed by atoms with Crippen LogP contribution in [-0.4, -0.2) is 22.3 Å². The molecule has 0 aliphatic heterocycles. The van der Waals surface area contributed by atoms with Crippen molar-refractivity contribution in [3.05, 3.63) is 190 Å². The van der Waals surface area contributed by atoms with Gasteiger partial charge in [-0.25, -0.2) is 4.79 Å². The van der Waals surface area contributed by atoms with Crippen LogP contribution < -0.4 is 18.9 Å². The summed E-state index contributed by atoms with van der Waals surface area (Å²) in [5.74, 6) is -0.761. The fraction of sp³-hybridized carbons (Fsp3) is 0.191. The van der Waals surface area contributed by atoms with Gasteiger partial charge in [-0.3, -0.25) is 4.79 Å². The van der Waals surface area contributed by atoms with Crippen molar-refractivity contribution in [1.82, 2.24) is 0 Å². The first-order valence-electron chi connectivity index (χ1n) is 17.6. The van der Waals surface area contributed by atoms with Crippen LogP contribution in [0.2, 0.25) is 0 Å². The predicted molar refractivity (Wildman–Crippen MR) is 209 cm³/mol. The van der Waals surface area contributed by atoms with Crippen LogP contribution >= 0.6 is 0 Å². The van der Waals surface area contributed by atoms with Gasteiger partial charge in [-0.15, -0.1) is 0 Å². The molecule has 260 valence electrons. The third-order valence-corrected chi connectivity index (χ3v) is 9.26. The molecule has 0 spiro atoms. The maximum atomic E-state index is 11.3. The second-order valence-electron chi connectivity index (χ2n) is 12.7. The van der Waals surface area contributed by atoms with Gasteiger partial charge in [0.1, 0.15) is 0 Å². The zero-order chi connectivity index (χ0) is 35.3. The standard InChI is InChI=1S/C24H24O.C23H22O2.Li.H2O/c1-3-19-6-14-23(15-7-19)24-16-10-21(11-17-24)5-4-20-8-12-22(13-9-20)18(2)25;1-2-17-5-11-20(12-6-17)21-13-7-18(8-14-21)3-4-19-9-15-22(16-10-19)23(24)25;;/h6-17H,3-5H2,1-2H3;5-16H,2-4H2,1H3,(H,24,25);;1H2/q;;+1;/p-1. The summed E-state index contributed by atoms with van der Waals surface area (Å²) < 4.78 is 0. The van der Waals surface area contributed by atoms with E-state index in [0.717, 1.165) is 49.7 Å². The summed E-state index contributed by atoms with van der Waals surface area (Å²) in [4.78, 5) is 22.2. The number of carbonyl (C=O) groups is 2. The Balaban J connectivity index is 0.000000270. The minimum atomic E-state index is -0.880. The van der Waals surface area contributed by atoms with Crippen molar-refractivity contribution in [2.24, 2.45) is 0 Å². The number of carboxylic acid groups (broad SMARTS) is 1. The molecule has 0 unspecified atom stereocenters. The number of hydrogen-bond donors (Lipinski definition) is 1. The molecule has 0 saturated carbocycles. The van der Waals surface area contributed by atoms with E-state index in [1.807, 2.05) is 24.3 Å². The molecule has 0 radical (unpaired) electrons. The first-order chi connectivity index (χ1) is 24.3. The molecule has 4 nitrogen and oxygen atoms in total. The van der Waals surface area contributed by atoms with Gasteiger partial charge in [0.25, 0.3) is 0 Å². The SMILES string of the molecule is CCc1ccc(-c2ccc(CCc3ccc(C(=O)O)cc3)cc2)cc1.CCc1ccc(-c2ccc(CCc3ccc(C(C)=O)cc3)cc2)cc1.[Li+].[OH-]. The van der Waals surface area contributed by atoms with Crippen LogP contribution in [0.4, 0.5) is 0 Å². The molecule has 5 heteroatoms. The molecule has 6 aromatic rings. The van der Waals surface area contributed by atoms with Crippen molar-refractivity contribution in [3.63, 3.8) is 0 Å². The molecule has 0 aromatic heterocycles. The fourth-order valence-electron chi connectivity index (χ4n) is 5.89. The Morgan fingerprint density at radius 1 is 0.404 bits per heavy atom. The summed E-state index contributed by atoms with van der Waals surface area (Å²) in [5, 5.41) is 8.93. The maximum absolute atomic E-state index is 11.3. The molecule has 0 amide bonds. The van der Waals surface area contributed by atoms with E-state index in [4.69, 9.17) is 5.11 Å². The molecule has 52 heavy (non-hydrogen) atoms. The molecule has 0 atom stereocenters. The van der Waals surface area contributed by atoms with Gasteiger partial charge in [-0.1, -0.05) is 147 Å². The second-order valence-corrected chi connectivity index (χ2v) is 12.7. The van der Waals surface area contributed by atoms with Gasteiger partial charge < -0.3 is 10.6 Å². The number of ketones is 1. The number of hydrogen-bond acceptors (Lipinski definition) is 3. The van der Waals surface area contributed by atoms with Gasteiger partial charge in [0.15, 0.2) is 5.78 Å². The third kappa shape index (κ3) is 12.1. The quantitative estimate of drug-likeness (QED) is 0.104. The van der Waals surface area contributed by atoms with Gasteiger partial charge >= 0.3 is 24.8 Å². The summed E-state index contributed by atoms with van der Waals surface area (Å²) in [6.07, 6.45) is 5.99. The third-order valence-electron chi connectivity index (χ3n) is 9.26. The van der Waals surface area contributed by atoms with Crippen molar-refractivity contribution in [2.75, 3.05) is 0 Å². The second kappa shape index (κ2) is 20.8. The van der Waals surface area contributed by atoms with Gasteiger partial charge in [0, 0.05) is 5.56 Å². The molecular formula is C47H47LiO4. The monoisotopic (exact) mass is 682 g/mol. The normalized spacial score (nSPS) is 10.2. The smallest absolute Gasteiger partial charge is 0.870 e. The maximum Gasteiger partial charge on any atom is 1.00 e. The molecule has 6 rings (SSSR count). The summed E-state index contributed by atoms with van der Waals surface area (Å²) in [6.45, 7) is 5.95. The molecule has 0 aliphatic rings. The number of rotatable bonds is 12. The van der Waals surface area contributed by atoms with Gasteiger partial charge in [0.2, 0.25) is 0 Å². The Labute approximate surface area is 321 Å². The van der Waals surface area contributed by atoms with Gasteiger partial charge in [0.05, 0.1) is 5.56 Å². The van der Waals surface area contributed by atoms with Gasteiger partial charge in [-0.05, 0) is 113 Å². The van der Waals surface area contributed by atoms with Crippen LogP contribution in [0.1, 0.15) is 74.9 Å². The molecular weight excluding hydrogens is 635 g/mol. The molecule has 0 bridgehead atoms. The van der Waals surface area contributed by atoms with E-state index in [9.17, 15) is 9.59 Å². The number of carboxylic acids is 1. The first-order valence-corrected chi connectivity index (χ1v) is 17.6. The molecule has 0 fully saturated rings. The summed E-state index contributed by atoms with van der Waals surface area (Å²) in [6, 6.07) is 50.1. The van der Waals surface area contributed by atoms with Crippen LogP contribution in [0, 0.1) is 0 Å². The Kier molecular flexibility index (Phi) is 16.5. The zero-order valence-electron chi connectivity index (χ0n) is 30.8. The molecule has 0 heterocycles. The number of aryl methyl sites for hydroxylation is 6. The van der Waals surface area contributed by atoms with E-state index in [2.05, 4.69) is 123 Å². The average molecular weight is 683 g/mol. The van der Waals surface area contributed by atoms with Crippen LogP contribution in [0.3, 0.4) is 0 Å². The average Bonchev–Trinajstić information content (AvgIpc) is 3.17. The summed E-state index contributed by atoms with van der Waals surface area (Å²) >= 11 is 0. The zero-order valence-corrected chi connectivity index (χ0v) is 30.8. The predicted octanol–water partition coefficient (Wildman–Crippen LogP) is 8.13. The largest absolute Gasteiger partial charge is 1.00 e. The van der Waals surface area contributed by atoms with Crippen molar-refractivity contribution in [3.8, 4) is 22.3 Å². The Hall–Kier alpha value is -4.98. The van der Waals surface area contributed by atoms with E-state index in [0.29, 0.717) is 5.56 Å². The van der Waals surface area contributed by atoms with E-state index in [1.165, 1.54) is 50.1 Å². The van der Waals surface area contributed by atoms with E-state index in [1.54, 1.807) is 19.1 Å². The van der Waals surface area contributed by atoms with Crippen molar-refractivity contribution >= 4 is 11.8 Å². The summed E-state index contributed by atoms with van der Waals surface area (Å²) in [5.41, 5.74) is 13.9. The Bertz CT molecular complexity index is 1810. The minimum absolute atomic E-state index is 0. The van der Waals surface area contributed by atoms with Crippen molar-refractivity contribution in [2.45, 2.75) is 59.3 Å². The number of Topliss-reactive ketones (excluding diaryl/α,β-unsaturated/α-hetero) is 1. The topological polar surface area (TPSA) is 84.4 Å². The minimum Gasteiger partial charge on any atom is -0.870 e. The Morgan fingerprint density at radius 3 is 0.865 bits per heavy atom. The Morgan fingerprint density at radius 2 is 0.635 bits per heavy atom. The van der Waals surface area contributed by atoms with Crippen LogP contribution in [0.5, 0.6) is 0 Å². The molecule has 0 aliphatic carbocycles. The van der Waals surface area contributed by atoms with Crippen LogP contribution in [0.15, 0.2) is 146 Å². The molecule has 0 saturated heterocycles. The van der Waals surface area contributed by atoms with E-state index >= 15 is 0 Å². The number of carbonyl (C=O) groups excluding carboxylic acids is 1. The van der Waals surface area contributed by atoms with Crippen molar-refractivity contribution in [1.29, 1.82) is 0 Å². The van der Waals surface area contributed by atoms with E-state index in [-0.39, 0.29) is 30.1 Å². The van der Waals surface area contributed by atoms with E-state index < -0.39 is 5.97 Å². The first kappa shape index (κ1) is 41.4. The molecule has 2 N–H and O–H groups in total. The fourth-order valence-corrected chi connectivity index (χ4v) is 5.89. The number of aromatic carboxylic acids is 1. The van der Waals surface area contributed by atoms with Crippen LogP contribution in [0.25, 0.3) is 22.3 Å². The molecule has 6 aromatic carbocycles.